The van der Waals surface area contributed by atoms with Crippen LogP contribution in [0.4, 0.5) is 4.39 Å². The van der Waals surface area contributed by atoms with E-state index in [0.29, 0.717) is 31.3 Å². The van der Waals surface area contributed by atoms with Crippen LogP contribution >= 0.6 is 0 Å². The minimum absolute atomic E-state index is 0.0830. The van der Waals surface area contributed by atoms with E-state index in [1.807, 2.05) is 48.5 Å². The molecule has 0 atom stereocenters. The Bertz CT molecular complexity index is 1220. The zero-order valence-electron chi connectivity index (χ0n) is 17.7. The molecule has 32 heavy (non-hydrogen) atoms. The maximum absolute atomic E-state index is 13.7. The highest BCUT2D eigenvalue weighted by Crippen LogP contribution is 2.39. The fraction of sp³-hybridized carbons (Fsp3) is 0.222. The summed E-state index contributed by atoms with van der Waals surface area (Å²) >= 11 is 0. The smallest absolute Gasteiger partial charge is 0.204 e. The lowest BCUT2D eigenvalue weighted by Gasteiger charge is -2.24. The van der Waals surface area contributed by atoms with Crippen LogP contribution < -0.4 is 9.47 Å². The lowest BCUT2D eigenvalue weighted by molar-refractivity contribution is -0.613. The van der Waals surface area contributed by atoms with Gasteiger partial charge in [0.1, 0.15) is 18.2 Å². The van der Waals surface area contributed by atoms with Crippen molar-refractivity contribution in [2.45, 2.75) is 25.4 Å². The van der Waals surface area contributed by atoms with Gasteiger partial charge in [-0.15, -0.1) is 0 Å². The number of ether oxygens (including phenoxy) is 2. The van der Waals surface area contributed by atoms with E-state index in [9.17, 15) is 9.60 Å². The Balaban J connectivity index is 1.66. The number of halogens is 1. The van der Waals surface area contributed by atoms with Crippen molar-refractivity contribution in [2.75, 3.05) is 13.2 Å². The van der Waals surface area contributed by atoms with Crippen LogP contribution in [0, 0.1) is 11.0 Å². The molecule has 0 saturated carbocycles. The highest BCUT2D eigenvalue weighted by Gasteiger charge is 2.30. The van der Waals surface area contributed by atoms with Gasteiger partial charge in [0.15, 0.2) is 6.20 Å². The third kappa shape index (κ3) is 4.04. The fourth-order valence-electron chi connectivity index (χ4n) is 4.47. The molecule has 2 heterocycles. The highest BCUT2D eigenvalue weighted by molar-refractivity contribution is 5.99. The number of fused-ring (bicyclic) bond motifs is 1. The Morgan fingerprint density at radius 1 is 0.906 bits per heavy atom. The third-order valence-corrected chi connectivity index (χ3v) is 6.05. The van der Waals surface area contributed by atoms with Crippen molar-refractivity contribution < 1.29 is 18.6 Å². The van der Waals surface area contributed by atoms with E-state index in [0.717, 1.165) is 45.0 Å². The van der Waals surface area contributed by atoms with Crippen molar-refractivity contribution in [1.82, 2.24) is 0 Å². The minimum atomic E-state index is -0.302. The van der Waals surface area contributed by atoms with Gasteiger partial charge >= 0.3 is 0 Å². The zero-order chi connectivity index (χ0) is 21.9. The van der Waals surface area contributed by atoms with Crippen molar-refractivity contribution in [3.63, 3.8) is 0 Å². The predicted octanol–water partition coefficient (Wildman–Crippen LogP) is 5.75. The monoisotopic (exact) mass is 429 g/mol. The van der Waals surface area contributed by atoms with Gasteiger partial charge < -0.3 is 14.7 Å². The Kier molecular flexibility index (Phi) is 5.73. The topological polar surface area (TPSA) is 45.4 Å². The highest BCUT2D eigenvalue weighted by atomic mass is 19.1. The molecule has 1 saturated heterocycles. The van der Waals surface area contributed by atoms with Crippen molar-refractivity contribution >= 4 is 10.8 Å². The molecule has 0 unspecified atom stereocenters. The molecule has 0 aliphatic carbocycles. The van der Waals surface area contributed by atoms with E-state index < -0.39 is 0 Å². The molecule has 0 N–H and O–H groups in total. The summed E-state index contributed by atoms with van der Waals surface area (Å²) in [6, 6.07) is 22.1. The van der Waals surface area contributed by atoms with Gasteiger partial charge in [-0.25, -0.2) is 4.39 Å². The largest absolute Gasteiger partial charge is 0.618 e. The molecule has 4 nitrogen and oxygen atoms in total. The Morgan fingerprint density at radius 2 is 1.66 bits per heavy atom. The first-order valence-corrected chi connectivity index (χ1v) is 10.9. The number of aromatic nitrogens is 1. The van der Waals surface area contributed by atoms with Crippen molar-refractivity contribution in [1.29, 1.82) is 0 Å². The molecule has 5 rings (SSSR count). The minimum Gasteiger partial charge on any atom is -0.618 e. The van der Waals surface area contributed by atoms with E-state index in [1.165, 1.54) is 12.1 Å². The second-order valence-electron chi connectivity index (χ2n) is 8.10. The lowest BCUT2D eigenvalue weighted by atomic mass is 9.87. The molecular weight excluding hydrogens is 405 g/mol. The van der Waals surface area contributed by atoms with Gasteiger partial charge in [0, 0.05) is 18.6 Å². The van der Waals surface area contributed by atoms with E-state index in [-0.39, 0.29) is 11.7 Å². The van der Waals surface area contributed by atoms with E-state index in [4.69, 9.17) is 9.47 Å². The zero-order valence-corrected chi connectivity index (χ0v) is 17.7. The first-order chi connectivity index (χ1) is 15.7. The standard InChI is InChI=1S/C27H24FNO3/c28-22-11-9-20(10-12-22)26-23-7-4-8-25(32-18-19-5-2-1-3-6-19)24(23)17-29(30)27(26)21-13-15-31-16-14-21/h1-12,17,21H,13-16,18H2. The van der Waals surface area contributed by atoms with Crippen LogP contribution in [0.3, 0.4) is 0 Å². The van der Waals surface area contributed by atoms with Crippen LogP contribution in [0.2, 0.25) is 0 Å². The van der Waals surface area contributed by atoms with E-state index >= 15 is 0 Å². The van der Waals surface area contributed by atoms with Gasteiger partial charge in [-0.3, -0.25) is 0 Å². The Hall–Kier alpha value is -3.44. The fourth-order valence-corrected chi connectivity index (χ4v) is 4.47. The van der Waals surface area contributed by atoms with Crippen LogP contribution in [0.15, 0.2) is 79.0 Å². The first-order valence-electron chi connectivity index (χ1n) is 10.9. The maximum Gasteiger partial charge on any atom is 0.204 e. The summed E-state index contributed by atoms with van der Waals surface area (Å²) in [5, 5.41) is 15.0. The predicted molar refractivity (Wildman–Crippen MR) is 122 cm³/mol. The SMILES string of the molecule is [O-][n+]1cc2c(OCc3ccccc3)cccc2c(-c2ccc(F)cc2)c1C1CCOCC1. The van der Waals surface area contributed by atoms with Gasteiger partial charge in [0.2, 0.25) is 5.69 Å². The molecule has 0 radical (unpaired) electrons. The second kappa shape index (κ2) is 8.97. The quantitative estimate of drug-likeness (QED) is 0.300. The van der Waals surface area contributed by atoms with Gasteiger partial charge in [-0.1, -0.05) is 54.6 Å². The molecule has 5 heteroatoms. The lowest BCUT2D eigenvalue weighted by Crippen LogP contribution is -2.36. The molecular formula is C27H24FNO3. The normalized spacial score (nSPS) is 14.5. The first kappa shape index (κ1) is 20.5. The molecule has 1 aromatic heterocycles. The van der Waals surface area contributed by atoms with Crippen LogP contribution in [0.25, 0.3) is 21.9 Å². The van der Waals surface area contributed by atoms with E-state index in [2.05, 4.69) is 0 Å². The Morgan fingerprint density at radius 3 is 2.41 bits per heavy atom. The maximum atomic E-state index is 13.7. The third-order valence-electron chi connectivity index (χ3n) is 6.05. The summed E-state index contributed by atoms with van der Waals surface area (Å²) in [6.07, 6.45) is 3.19. The molecule has 162 valence electrons. The molecule has 3 aromatic carbocycles. The average molecular weight is 429 g/mol. The number of hydrogen-bond donors (Lipinski definition) is 0. The summed E-state index contributed by atoms with van der Waals surface area (Å²) < 4.78 is 26.3. The van der Waals surface area contributed by atoms with Gasteiger partial charge in [0.05, 0.1) is 16.9 Å². The van der Waals surface area contributed by atoms with E-state index in [1.54, 1.807) is 18.3 Å². The summed E-state index contributed by atoms with van der Waals surface area (Å²) in [6.45, 7) is 1.67. The van der Waals surface area contributed by atoms with Crippen LogP contribution in [-0.2, 0) is 11.3 Å². The van der Waals surface area contributed by atoms with Gasteiger partial charge in [-0.05, 0) is 42.2 Å². The van der Waals surface area contributed by atoms with Crippen LogP contribution in [0.1, 0.15) is 30.0 Å². The number of rotatable bonds is 5. The van der Waals surface area contributed by atoms with Crippen LogP contribution in [0.5, 0.6) is 5.75 Å². The number of pyridine rings is 1. The number of hydrogen-bond acceptors (Lipinski definition) is 3. The van der Waals surface area contributed by atoms with Crippen molar-refractivity contribution in [2.24, 2.45) is 0 Å². The molecule has 1 aliphatic heterocycles. The second-order valence-corrected chi connectivity index (χ2v) is 8.10. The molecule has 1 aliphatic rings. The molecule has 0 spiro atoms. The summed E-state index contributed by atoms with van der Waals surface area (Å²) in [4.78, 5) is 0. The van der Waals surface area contributed by atoms with Gasteiger partial charge in [-0.2, -0.15) is 4.73 Å². The van der Waals surface area contributed by atoms with Crippen molar-refractivity contribution in [3.8, 4) is 16.9 Å². The average Bonchev–Trinajstić information content (AvgIpc) is 2.84. The molecule has 0 amide bonds. The van der Waals surface area contributed by atoms with Crippen molar-refractivity contribution in [3.05, 3.63) is 101 Å². The number of benzene rings is 3. The summed E-state index contributed by atoms with van der Waals surface area (Å²) in [5.41, 5.74) is 3.43. The van der Waals surface area contributed by atoms with Crippen LogP contribution in [-0.4, -0.2) is 13.2 Å². The summed E-state index contributed by atoms with van der Waals surface area (Å²) in [7, 11) is 0. The summed E-state index contributed by atoms with van der Waals surface area (Å²) in [5.74, 6) is 0.431. The molecule has 0 bridgehead atoms. The molecule has 1 fully saturated rings. The Labute approximate surface area is 186 Å². The molecule has 4 aromatic rings. The van der Waals surface area contributed by atoms with Gasteiger partial charge in [0.25, 0.3) is 0 Å². The number of nitrogens with zero attached hydrogens (tertiary/aromatic N) is 1.